The zero-order chi connectivity index (χ0) is 12.3. The van der Waals surface area contributed by atoms with E-state index in [2.05, 4.69) is 9.71 Å². The maximum atomic E-state index is 13.0. The largest absolute Gasteiger partial charge is 0.299 e. The highest BCUT2D eigenvalue weighted by atomic mass is 32.2. The molecule has 0 saturated heterocycles. The molecule has 16 heavy (non-hydrogen) atoms. The van der Waals surface area contributed by atoms with Gasteiger partial charge in [0.15, 0.2) is 0 Å². The number of pyridine rings is 1. The van der Waals surface area contributed by atoms with Crippen molar-refractivity contribution >= 4 is 15.9 Å². The summed E-state index contributed by atoms with van der Waals surface area (Å²) < 4.78 is 52.2. The highest BCUT2D eigenvalue weighted by molar-refractivity contribution is 7.90. The van der Waals surface area contributed by atoms with Gasteiger partial charge in [-0.15, -0.1) is 0 Å². The van der Waals surface area contributed by atoms with Crippen molar-refractivity contribution in [1.82, 2.24) is 9.71 Å². The van der Waals surface area contributed by atoms with Crippen molar-refractivity contribution in [2.24, 2.45) is 0 Å². The third-order valence-corrected chi connectivity index (χ3v) is 2.72. The number of rotatable bonds is 4. The summed E-state index contributed by atoms with van der Waals surface area (Å²) in [6.07, 6.45) is 0. The first-order valence-electron chi connectivity index (χ1n) is 4.42. The first-order chi connectivity index (χ1) is 7.30. The van der Waals surface area contributed by atoms with E-state index in [0.717, 1.165) is 12.1 Å². The average molecular weight is 251 g/mol. The van der Waals surface area contributed by atoms with Gasteiger partial charge in [0.25, 0.3) is 10.2 Å². The lowest BCUT2D eigenvalue weighted by atomic mass is 10.4. The molecule has 0 unspecified atom stereocenters. The van der Waals surface area contributed by atoms with E-state index in [4.69, 9.17) is 0 Å². The van der Waals surface area contributed by atoms with Crippen LogP contribution in [0.2, 0.25) is 0 Å². The molecule has 1 aromatic heterocycles. The highest BCUT2D eigenvalue weighted by Crippen LogP contribution is 2.12. The molecule has 2 N–H and O–H groups in total. The number of halogens is 2. The van der Waals surface area contributed by atoms with E-state index in [-0.39, 0.29) is 6.04 Å². The second kappa shape index (κ2) is 4.71. The SMILES string of the molecule is CC(C)NS(=O)(=O)Nc1ccc(F)nc1F. The van der Waals surface area contributed by atoms with E-state index in [1.165, 1.54) is 0 Å². The van der Waals surface area contributed by atoms with Crippen LogP contribution in [0.15, 0.2) is 12.1 Å². The van der Waals surface area contributed by atoms with Gasteiger partial charge in [-0.2, -0.15) is 26.9 Å². The Morgan fingerprint density at radius 3 is 2.44 bits per heavy atom. The Balaban J connectivity index is 2.88. The van der Waals surface area contributed by atoms with Gasteiger partial charge in [0.1, 0.15) is 5.69 Å². The maximum absolute atomic E-state index is 13.0. The Morgan fingerprint density at radius 1 is 1.31 bits per heavy atom. The predicted molar refractivity (Wildman–Crippen MR) is 55.0 cm³/mol. The fourth-order valence-electron chi connectivity index (χ4n) is 0.973. The molecule has 0 bridgehead atoms. The van der Waals surface area contributed by atoms with Crippen molar-refractivity contribution in [1.29, 1.82) is 0 Å². The minimum Gasteiger partial charge on any atom is -0.266 e. The summed E-state index contributed by atoms with van der Waals surface area (Å²) in [5.74, 6) is -2.23. The van der Waals surface area contributed by atoms with E-state index in [1.807, 2.05) is 4.72 Å². The standard InChI is InChI=1S/C8H11F2N3O2S/c1-5(2)12-16(14,15)13-6-3-4-7(9)11-8(6)10/h3-5,12-13H,1-2H3. The van der Waals surface area contributed by atoms with Crippen LogP contribution in [-0.2, 0) is 10.2 Å². The Kier molecular flexibility index (Phi) is 3.76. The molecule has 1 aromatic rings. The van der Waals surface area contributed by atoms with Crippen LogP contribution in [-0.4, -0.2) is 19.4 Å². The van der Waals surface area contributed by atoms with Gasteiger partial charge in [0.05, 0.1) is 0 Å². The normalized spacial score (nSPS) is 11.8. The molecule has 0 fully saturated rings. The van der Waals surface area contributed by atoms with Crippen LogP contribution < -0.4 is 9.44 Å². The predicted octanol–water partition coefficient (Wildman–Crippen LogP) is 1.01. The first-order valence-corrected chi connectivity index (χ1v) is 5.90. The van der Waals surface area contributed by atoms with E-state index >= 15 is 0 Å². The number of hydrogen-bond acceptors (Lipinski definition) is 3. The van der Waals surface area contributed by atoms with Crippen LogP contribution in [0.5, 0.6) is 0 Å². The van der Waals surface area contributed by atoms with E-state index in [1.54, 1.807) is 13.8 Å². The van der Waals surface area contributed by atoms with Gasteiger partial charge in [0, 0.05) is 6.04 Å². The molecule has 5 nitrogen and oxygen atoms in total. The molecule has 1 rings (SSSR count). The summed E-state index contributed by atoms with van der Waals surface area (Å²) in [6.45, 7) is 3.22. The van der Waals surface area contributed by atoms with Crippen molar-refractivity contribution in [2.45, 2.75) is 19.9 Å². The Labute approximate surface area is 92.1 Å². The minimum absolute atomic E-state index is 0.339. The lowest BCUT2D eigenvalue weighted by Gasteiger charge is -2.11. The first kappa shape index (κ1) is 12.8. The number of aromatic nitrogens is 1. The lowest BCUT2D eigenvalue weighted by molar-refractivity contribution is 0.515. The smallest absolute Gasteiger partial charge is 0.266 e. The summed E-state index contributed by atoms with van der Waals surface area (Å²) in [4.78, 5) is 2.85. The van der Waals surface area contributed by atoms with Gasteiger partial charge in [0.2, 0.25) is 11.9 Å². The third kappa shape index (κ3) is 3.70. The monoisotopic (exact) mass is 251 g/mol. The molecule has 0 aliphatic carbocycles. The Hall–Kier alpha value is -1.28. The molecule has 8 heteroatoms. The molecule has 0 aliphatic heterocycles. The van der Waals surface area contributed by atoms with Crippen LogP contribution in [0.25, 0.3) is 0 Å². The summed E-state index contributed by atoms with van der Waals surface area (Å²) in [5.41, 5.74) is -0.408. The fourth-order valence-corrected chi connectivity index (χ4v) is 2.09. The molecule has 0 aliphatic rings. The molecule has 90 valence electrons. The van der Waals surface area contributed by atoms with Gasteiger partial charge in [-0.05, 0) is 26.0 Å². The number of hydrogen-bond donors (Lipinski definition) is 2. The van der Waals surface area contributed by atoms with Crippen molar-refractivity contribution in [3.05, 3.63) is 24.0 Å². The number of nitrogens with one attached hydrogen (secondary N) is 2. The van der Waals surface area contributed by atoms with Gasteiger partial charge >= 0.3 is 0 Å². The Morgan fingerprint density at radius 2 is 1.94 bits per heavy atom. The maximum Gasteiger partial charge on any atom is 0.299 e. The molecular weight excluding hydrogens is 240 g/mol. The lowest BCUT2D eigenvalue weighted by Crippen LogP contribution is -2.35. The Bertz CT molecular complexity index is 476. The number of anilines is 1. The quantitative estimate of drug-likeness (QED) is 0.785. The van der Waals surface area contributed by atoms with Gasteiger partial charge in [-0.25, -0.2) is 0 Å². The van der Waals surface area contributed by atoms with Crippen molar-refractivity contribution in [3.63, 3.8) is 0 Å². The van der Waals surface area contributed by atoms with Gasteiger partial charge in [-0.1, -0.05) is 0 Å². The summed E-state index contributed by atoms with van der Waals surface area (Å²) in [5, 5.41) is 0. The van der Waals surface area contributed by atoms with Crippen molar-refractivity contribution in [2.75, 3.05) is 4.72 Å². The second-order valence-corrected chi connectivity index (χ2v) is 4.80. The summed E-state index contributed by atoms with van der Waals surface area (Å²) >= 11 is 0. The van der Waals surface area contributed by atoms with Crippen LogP contribution in [0.3, 0.4) is 0 Å². The van der Waals surface area contributed by atoms with Crippen molar-refractivity contribution in [3.8, 4) is 0 Å². The summed E-state index contributed by atoms with van der Waals surface area (Å²) in [7, 11) is -3.87. The van der Waals surface area contributed by atoms with Crippen LogP contribution in [0, 0.1) is 11.9 Å². The average Bonchev–Trinajstić information content (AvgIpc) is 2.07. The zero-order valence-corrected chi connectivity index (χ0v) is 9.48. The van der Waals surface area contributed by atoms with Gasteiger partial charge in [-0.3, -0.25) is 4.72 Å². The van der Waals surface area contributed by atoms with E-state index in [0.29, 0.717) is 0 Å². The van der Waals surface area contributed by atoms with Gasteiger partial charge < -0.3 is 0 Å². The fraction of sp³-hybridized carbons (Fsp3) is 0.375. The molecule has 1 heterocycles. The highest BCUT2D eigenvalue weighted by Gasteiger charge is 2.14. The minimum atomic E-state index is -3.87. The topological polar surface area (TPSA) is 71.1 Å². The second-order valence-electron chi connectivity index (χ2n) is 3.35. The van der Waals surface area contributed by atoms with Crippen LogP contribution >= 0.6 is 0 Å². The molecule has 0 saturated carbocycles. The molecule has 0 radical (unpaired) electrons. The molecule has 0 atom stereocenters. The van der Waals surface area contributed by atoms with Crippen molar-refractivity contribution < 1.29 is 17.2 Å². The molecular formula is C8H11F2N3O2S. The molecule has 0 amide bonds. The summed E-state index contributed by atoms with van der Waals surface area (Å²) in [6, 6.07) is 1.47. The zero-order valence-electron chi connectivity index (χ0n) is 8.66. The van der Waals surface area contributed by atoms with E-state index < -0.39 is 27.8 Å². The number of nitrogens with zero attached hydrogens (tertiary/aromatic N) is 1. The molecule has 0 spiro atoms. The van der Waals surface area contributed by atoms with Crippen LogP contribution in [0.1, 0.15) is 13.8 Å². The van der Waals surface area contributed by atoms with E-state index in [9.17, 15) is 17.2 Å². The molecule has 0 aromatic carbocycles. The third-order valence-electron chi connectivity index (χ3n) is 1.45. The van der Waals surface area contributed by atoms with Crippen LogP contribution in [0.4, 0.5) is 14.5 Å².